The average molecular weight is 498 g/mol. The summed E-state index contributed by atoms with van der Waals surface area (Å²) in [7, 11) is 0. The van der Waals surface area contributed by atoms with Crippen LogP contribution in [0.15, 0.2) is 66.9 Å². The molecule has 0 fully saturated rings. The fraction of sp³-hybridized carbons (Fsp3) is 0.269. The average Bonchev–Trinajstić information content (AvgIpc) is 2.87. The monoisotopic (exact) mass is 497 g/mol. The third-order valence-corrected chi connectivity index (χ3v) is 5.47. The minimum Gasteiger partial charge on any atom is -0.484 e. The van der Waals surface area contributed by atoms with Crippen LogP contribution in [-0.2, 0) is 4.79 Å². The first-order valence-electron chi connectivity index (χ1n) is 11.3. The number of alkyl halides is 2. The number of carbonyl (C=O) groups is 1. The maximum absolute atomic E-state index is 13.7. The van der Waals surface area contributed by atoms with Crippen LogP contribution in [0.3, 0.4) is 0 Å². The van der Waals surface area contributed by atoms with Gasteiger partial charge in [0.1, 0.15) is 17.7 Å². The molecule has 0 saturated heterocycles. The molecule has 0 aliphatic carbocycles. The summed E-state index contributed by atoms with van der Waals surface area (Å²) in [5, 5.41) is 22.4. The number of amides is 1. The molecule has 1 heterocycles. The Morgan fingerprint density at radius 3 is 2.42 bits per heavy atom. The number of hydrogen-bond acceptors (Lipinski definition) is 7. The van der Waals surface area contributed by atoms with Gasteiger partial charge in [0.15, 0.2) is 0 Å². The molecule has 10 heteroatoms. The molecule has 190 valence electrons. The lowest BCUT2D eigenvalue weighted by Gasteiger charge is -2.32. The van der Waals surface area contributed by atoms with Crippen LogP contribution in [0.4, 0.5) is 26.0 Å². The molecule has 0 aliphatic rings. The van der Waals surface area contributed by atoms with E-state index in [1.807, 2.05) is 37.5 Å². The topological polar surface area (TPSA) is 119 Å². The van der Waals surface area contributed by atoms with Crippen molar-refractivity contribution in [2.45, 2.75) is 38.8 Å². The quantitative estimate of drug-likeness (QED) is 0.175. The maximum Gasteiger partial charge on any atom is 0.321 e. The highest BCUT2D eigenvalue weighted by Gasteiger charge is 2.37. The van der Waals surface area contributed by atoms with Gasteiger partial charge in [0.2, 0.25) is 0 Å². The summed E-state index contributed by atoms with van der Waals surface area (Å²) in [6, 6.07) is 16.6. The molecule has 8 nitrogen and oxygen atoms in total. The fourth-order valence-electron chi connectivity index (χ4n) is 3.54. The highest BCUT2D eigenvalue weighted by atomic mass is 19.3. The summed E-state index contributed by atoms with van der Waals surface area (Å²) >= 11 is 0. The molecule has 0 bridgehead atoms. The lowest BCUT2D eigenvalue weighted by molar-refractivity contribution is -0.145. The van der Waals surface area contributed by atoms with Crippen molar-refractivity contribution in [2.75, 3.05) is 10.8 Å². The van der Waals surface area contributed by atoms with E-state index in [0.29, 0.717) is 35.2 Å². The van der Waals surface area contributed by atoms with Crippen LogP contribution in [0.2, 0.25) is 0 Å². The van der Waals surface area contributed by atoms with Crippen LogP contribution in [0.1, 0.15) is 38.0 Å². The van der Waals surface area contributed by atoms with Gasteiger partial charge in [0, 0.05) is 24.4 Å². The van der Waals surface area contributed by atoms with Gasteiger partial charge in [0.25, 0.3) is 5.91 Å². The normalized spacial score (nSPS) is 13.0. The summed E-state index contributed by atoms with van der Waals surface area (Å²) in [6.45, 7) is 4.20. The summed E-state index contributed by atoms with van der Waals surface area (Å²) in [4.78, 5) is 16.2. The van der Waals surface area contributed by atoms with Crippen LogP contribution < -0.4 is 20.9 Å². The van der Waals surface area contributed by atoms with Crippen molar-refractivity contribution in [3.8, 4) is 5.75 Å². The minimum atomic E-state index is -3.53. The third kappa shape index (κ3) is 6.76. The molecule has 36 heavy (non-hydrogen) atoms. The van der Waals surface area contributed by atoms with E-state index in [2.05, 4.69) is 15.6 Å². The highest BCUT2D eigenvalue weighted by Crippen LogP contribution is 2.32. The fourth-order valence-corrected chi connectivity index (χ4v) is 3.54. The van der Waals surface area contributed by atoms with Crippen LogP contribution >= 0.6 is 0 Å². The number of anilines is 3. The molecule has 0 radical (unpaired) electrons. The predicted molar refractivity (Wildman–Crippen MR) is 134 cm³/mol. The Balaban J connectivity index is 1.91. The molecule has 1 aromatic heterocycles. The molecule has 2 unspecified atom stereocenters. The van der Waals surface area contributed by atoms with Gasteiger partial charge < -0.3 is 20.8 Å². The number of nitrogens with zero attached hydrogens (tertiary/aromatic N) is 1. The number of carbonyl (C=O) groups excluding carboxylic acids is 1. The van der Waals surface area contributed by atoms with Gasteiger partial charge in [0.05, 0.1) is 17.9 Å². The molecular weight excluding hydrogens is 468 g/mol. The van der Waals surface area contributed by atoms with Crippen molar-refractivity contribution in [1.82, 2.24) is 10.3 Å². The second-order valence-corrected chi connectivity index (χ2v) is 8.64. The van der Waals surface area contributed by atoms with Crippen LogP contribution in [0.25, 0.3) is 0 Å². The van der Waals surface area contributed by atoms with E-state index in [1.54, 1.807) is 42.5 Å². The molecule has 3 aromatic rings. The largest absolute Gasteiger partial charge is 0.484 e. The standard InChI is InChI=1S/C26H29F2N5O3/c1-16(2)23(32-25(34)26(3,27)28)24(17-7-5-4-6-8-17)36-20-10-11-21(18(13-20)14-29)31-19-9-12-22(33-35)30-15-19/h4-16,23-24,29,31,35H,1-3H3,(H,30,33)(H,32,34). The molecule has 5 N–H and O–H groups in total. The smallest absolute Gasteiger partial charge is 0.321 e. The Morgan fingerprint density at radius 1 is 1.14 bits per heavy atom. The SMILES string of the molecule is CC(C)C(NC(=O)C(C)(F)F)C(Oc1ccc(Nc2ccc(NO)nc2)c(C=N)c1)c1ccccc1. The van der Waals surface area contributed by atoms with Gasteiger partial charge in [-0.3, -0.25) is 15.5 Å². The molecule has 2 atom stereocenters. The first kappa shape index (κ1) is 26.6. The number of aromatic nitrogens is 1. The number of hydrogen-bond donors (Lipinski definition) is 5. The van der Waals surface area contributed by atoms with Crippen molar-refractivity contribution >= 4 is 29.3 Å². The van der Waals surface area contributed by atoms with Crippen LogP contribution in [0.5, 0.6) is 5.75 Å². The van der Waals surface area contributed by atoms with Crippen molar-refractivity contribution < 1.29 is 23.5 Å². The molecule has 0 aliphatic heterocycles. The third-order valence-electron chi connectivity index (χ3n) is 5.47. The van der Waals surface area contributed by atoms with Crippen LogP contribution in [-0.4, -0.2) is 34.3 Å². The molecular formula is C26H29F2N5O3. The van der Waals surface area contributed by atoms with Gasteiger partial charge >= 0.3 is 5.92 Å². The number of nitrogens with one attached hydrogen (secondary N) is 4. The Bertz CT molecular complexity index is 1170. The van der Waals surface area contributed by atoms with E-state index in [4.69, 9.17) is 15.4 Å². The second-order valence-electron chi connectivity index (χ2n) is 8.64. The summed E-state index contributed by atoms with van der Waals surface area (Å²) in [6.07, 6.45) is 1.91. The zero-order chi connectivity index (χ0) is 26.3. The van der Waals surface area contributed by atoms with Gasteiger partial charge in [-0.1, -0.05) is 44.2 Å². The Labute approximate surface area is 208 Å². The number of rotatable bonds is 11. The molecule has 3 rings (SSSR count). The minimum absolute atomic E-state index is 0.228. The van der Waals surface area contributed by atoms with Crippen molar-refractivity contribution in [2.24, 2.45) is 5.92 Å². The summed E-state index contributed by atoms with van der Waals surface area (Å²) in [5.41, 5.74) is 4.42. The van der Waals surface area contributed by atoms with Crippen molar-refractivity contribution in [3.63, 3.8) is 0 Å². The van der Waals surface area contributed by atoms with Crippen LogP contribution in [0, 0.1) is 11.3 Å². The van der Waals surface area contributed by atoms with Gasteiger partial charge in [-0.15, -0.1) is 0 Å². The van der Waals surface area contributed by atoms with E-state index in [1.165, 1.54) is 6.20 Å². The molecule has 0 spiro atoms. The van der Waals surface area contributed by atoms with Gasteiger partial charge in [-0.25, -0.2) is 4.98 Å². The number of pyridine rings is 1. The van der Waals surface area contributed by atoms with E-state index in [0.717, 1.165) is 6.21 Å². The maximum atomic E-state index is 13.7. The Hall–Kier alpha value is -4.05. The number of halogens is 2. The van der Waals surface area contributed by atoms with E-state index in [9.17, 15) is 13.6 Å². The number of ether oxygens (including phenoxy) is 1. The first-order valence-corrected chi connectivity index (χ1v) is 11.3. The first-order chi connectivity index (χ1) is 17.1. The van der Waals surface area contributed by atoms with Gasteiger partial charge in [-0.05, 0) is 41.8 Å². The zero-order valence-electron chi connectivity index (χ0n) is 20.1. The predicted octanol–water partition coefficient (Wildman–Crippen LogP) is 5.54. The van der Waals surface area contributed by atoms with E-state index in [-0.39, 0.29) is 11.7 Å². The van der Waals surface area contributed by atoms with E-state index < -0.39 is 24.0 Å². The van der Waals surface area contributed by atoms with E-state index >= 15 is 0 Å². The summed E-state index contributed by atoms with van der Waals surface area (Å²) in [5.74, 6) is -4.45. The lowest BCUT2D eigenvalue weighted by atomic mass is 9.92. The second kappa shape index (κ2) is 11.6. The Kier molecular flexibility index (Phi) is 8.55. The van der Waals surface area contributed by atoms with Crippen molar-refractivity contribution in [3.05, 3.63) is 78.0 Å². The summed E-state index contributed by atoms with van der Waals surface area (Å²) < 4.78 is 33.7. The molecule has 2 aromatic carbocycles. The lowest BCUT2D eigenvalue weighted by Crippen LogP contribution is -2.49. The van der Waals surface area contributed by atoms with Crippen molar-refractivity contribution in [1.29, 1.82) is 5.41 Å². The number of benzene rings is 2. The Morgan fingerprint density at radius 2 is 1.86 bits per heavy atom. The molecule has 1 amide bonds. The molecule has 0 saturated carbocycles. The highest BCUT2D eigenvalue weighted by molar-refractivity contribution is 5.88. The van der Waals surface area contributed by atoms with Gasteiger partial charge in [-0.2, -0.15) is 8.78 Å². The zero-order valence-corrected chi connectivity index (χ0v) is 20.1.